The van der Waals surface area contributed by atoms with Crippen LogP contribution in [0.2, 0.25) is 0 Å². The number of nitrogens with zero attached hydrogens (tertiary/aromatic N) is 1. The molecule has 0 saturated carbocycles. The standard InChI is InChI=1S/C20H21N3O3S2/c1-2-13-4-3-5-16(10-13)21-19(24)14-6-8-15(9-7-14)22-20-23-17-11-28(25,26)12-18(17)27-20/h3-10,17-18H,2,11-12H2,1H3,(H,21,24)(H,22,23)/t17-,18-/m1/s1. The van der Waals surface area contributed by atoms with Gasteiger partial charge in [0.2, 0.25) is 0 Å². The van der Waals surface area contributed by atoms with Crippen molar-refractivity contribution in [3.63, 3.8) is 0 Å². The minimum absolute atomic E-state index is 0.0106. The highest BCUT2D eigenvalue weighted by molar-refractivity contribution is 8.15. The molecule has 2 aromatic rings. The minimum atomic E-state index is -2.95. The molecule has 2 aliphatic rings. The largest absolute Gasteiger partial charge is 0.335 e. The molecule has 1 amide bonds. The molecule has 2 aliphatic heterocycles. The monoisotopic (exact) mass is 415 g/mol. The van der Waals surface area contributed by atoms with Gasteiger partial charge in [-0.3, -0.25) is 9.79 Å². The maximum atomic E-state index is 12.4. The third kappa shape index (κ3) is 4.23. The Hall–Kier alpha value is -2.32. The number of hydrogen-bond acceptors (Lipinski definition) is 6. The second-order valence-electron chi connectivity index (χ2n) is 6.95. The van der Waals surface area contributed by atoms with Gasteiger partial charge in [-0.25, -0.2) is 8.42 Å². The number of sulfone groups is 1. The number of carbonyl (C=O) groups excluding carboxylic acids is 1. The molecule has 1 fully saturated rings. The van der Waals surface area contributed by atoms with E-state index in [1.807, 2.05) is 36.4 Å². The smallest absolute Gasteiger partial charge is 0.255 e. The molecule has 2 atom stereocenters. The van der Waals surface area contributed by atoms with Gasteiger partial charge in [-0.05, 0) is 48.4 Å². The molecule has 146 valence electrons. The fourth-order valence-electron chi connectivity index (χ4n) is 3.32. The van der Waals surface area contributed by atoms with Crippen LogP contribution in [0.3, 0.4) is 0 Å². The van der Waals surface area contributed by atoms with Gasteiger partial charge >= 0.3 is 0 Å². The molecule has 2 aromatic carbocycles. The van der Waals surface area contributed by atoms with Crippen molar-refractivity contribution in [3.05, 3.63) is 59.7 Å². The molecular formula is C20H21N3O3S2. The highest BCUT2D eigenvalue weighted by Gasteiger charge is 2.42. The number of benzene rings is 2. The van der Waals surface area contributed by atoms with Crippen molar-refractivity contribution in [2.45, 2.75) is 24.6 Å². The highest BCUT2D eigenvalue weighted by Crippen LogP contribution is 2.34. The molecule has 4 rings (SSSR count). The Balaban J connectivity index is 1.38. The quantitative estimate of drug-likeness (QED) is 0.801. The Morgan fingerprint density at radius 2 is 1.93 bits per heavy atom. The Labute approximate surface area is 168 Å². The van der Waals surface area contributed by atoms with Gasteiger partial charge in [0.15, 0.2) is 15.0 Å². The first-order valence-corrected chi connectivity index (χ1v) is 11.8. The lowest BCUT2D eigenvalue weighted by Crippen LogP contribution is -2.13. The summed E-state index contributed by atoms with van der Waals surface area (Å²) in [6, 6.07) is 14.8. The van der Waals surface area contributed by atoms with E-state index in [-0.39, 0.29) is 28.7 Å². The van der Waals surface area contributed by atoms with E-state index in [0.717, 1.165) is 23.0 Å². The van der Waals surface area contributed by atoms with Crippen molar-refractivity contribution < 1.29 is 13.2 Å². The Morgan fingerprint density at radius 3 is 2.64 bits per heavy atom. The van der Waals surface area contributed by atoms with E-state index in [9.17, 15) is 13.2 Å². The first kappa shape index (κ1) is 19.0. The predicted octanol–water partition coefficient (Wildman–Crippen LogP) is 3.18. The van der Waals surface area contributed by atoms with E-state index in [0.29, 0.717) is 5.56 Å². The number of anilines is 2. The molecule has 28 heavy (non-hydrogen) atoms. The number of nitrogens with one attached hydrogen (secondary N) is 2. The number of amidine groups is 1. The van der Waals surface area contributed by atoms with Crippen LogP contribution in [0.4, 0.5) is 11.4 Å². The van der Waals surface area contributed by atoms with Crippen LogP contribution in [0.5, 0.6) is 0 Å². The fraction of sp³-hybridized carbons (Fsp3) is 0.300. The molecule has 0 aromatic heterocycles. The van der Waals surface area contributed by atoms with Gasteiger partial charge in [0.25, 0.3) is 5.91 Å². The van der Waals surface area contributed by atoms with E-state index in [4.69, 9.17) is 0 Å². The zero-order valence-corrected chi connectivity index (χ0v) is 17.0. The molecule has 0 unspecified atom stereocenters. The normalized spacial score (nSPS) is 22.4. The van der Waals surface area contributed by atoms with Crippen molar-refractivity contribution in [1.82, 2.24) is 0 Å². The van der Waals surface area contributed by atoms with Gasteiger partial charge in [-0.1, -0.05) is 30.8 Å². The lowest BCUT2D eigenvalue weighted by atomic mass is 10.1. The van der Waals surface area contributed by atoms with Crippen LogP contribution in [-0.4, -0.2) is 42.3 Å². The minimum Gasteiger partial charge on any atom is -0.335 e. The number of carbonyl (C=O) groups is 1. The molecule has 8 heteroatoms. The van der Waals surface area contributed by atoms with Crippen molar-refractivity contribution in [2.24, 2.45) is 4.99 Å². The lowest BCUT2D eigenvalue weighted by Gasteiger charge is -2.09. The first-order chi connectivity index (χ1) is 13.4. The predicted molar refractivity (Wildman–Crippen MR) is 115 cm³/mol. The van der Waals surface area contributed by atoms with Gasteiger partial charge in [-0.15, -0.1) is 0 Å². The van der Waals surface area contributed by atoms with Crippen molar-refractivity contribution in [2.75, 3.05) is 22.1 Å². The van der Waals surface area contributed by atoms with Crippen LogP contribution in [0.1, 0.15) is 22.8 Å². The maximum Gasteiger partial charge on any atom is 0.255 e. The second-order valence-corrected chi connectivity index (χ2v) is 10.3. The van der Waals surface area contributed by atoms with Crippen molar-refractivity contribution in [1.29, 1.82) is 0 Å². The molecule has 2 heterocycles. The third-order valence-electron chi connectivity index (χ3n) is 4.81. The zero-order valence-electron chi connectivity index (χ0n) is 15.4. The fourth-order valence-corrected chi connectivity index (χ4v) is 6.99. The first-order valence-electron chi connectivity index (χ1n) is 9.14. The number of thioether (sulfide) groups is 1. The van der Waals surface area contributed by atoms with Gasteiger partial charge < -0.3 is 10.6 Å². The summed E-state index contributed by atoms with van der Waals surface area (Å²) >= 11 is 1.47. The zero-order chi connectivity index (χ0) is 19.7. The lowest BCUT2D eigenvalue weighted by molar-refractivity contribution is 0.102. The SMILES string of the molecule is CCc1cccc(NC(=O)c2ccc(NC3=N[C@@H]4CS(=O)(=O)C[C@H]4S3)cc2)c1. The summed E-state index contributed by atoms with van der Waals surface area (Å²) in [5.41, 5.74) is 3.34. The van der Waals surface area contributed by atoms with E-state index in [2.05, 4.69) is 22.5 Å². The van der Waals surface area contributed by atoms with Crippen LogP contribution in [0, 0.1) is 0 Å². The van der Waals surface area contributed by atoms with E-state index >= 15 is 0 Å². The Bertz CT molecular complexity index is 1030. The second kappa shape index (κ2) is 7.60. The molecule has 1 saturated heterocycles. The summed E-state index contributed by atoms with van der Waals surface area (Å²) in [6.45, 7) is 2.08. The van der Waals surface area contributed by atoms with Crippen LogP contribution >= 0.6 is 11.8 Å². The number of hydrogen-bond donors (Lipinski definition) is 2. The summed E-state index contributed by atoms with van der Waals surface area (Å²) in [4.78, 5) is 16.9. The molecule has 6 nitrogen and oxygen atoms in total. The summed E-state index contributed by atoms with van der Waals surface area (Å²) in [5.74, 6) is 0.163. The van der Waals surface area contributed by atoms with Crippen LogP contribution < -0.4 is 10.6 Å². The average Bonchev–Trinajstić information content (AvgIpc) is 3.15. The van der Waals surface area contributed by atoms with Gasteiger partial charge in [0.1, 0.15) is 0 Å². The molecule has 0 bridgehead atoms. The summed E-state index contributed by atoms with van der Waals surface area (Å²) in [7, 11) is -2.95. The summed E-state index contributed by atoms with van der Waals surface area (Å²) < 4.78 is 23.3. The third-order valence-corrected chi connectivity index (χ3v) is 7.95. The van der Waals surface area contributed by atoms with Crippen LogP contribution in [-0.2, 0) is 16.3 Å². The molecular weight excluding hydrogens is 394 g/mol. The summed E-state index contributed by atoms with van der Waals surface area (Å²) in [5, 5.41) is 6.88. The molecule has 2 N–H and O–H groups in total. The summed E-state index contributed by atoms with van der Waals surface area (Å²) in [6.07, 6.45) is 0.916. The number of rotatable bonds is 4. The van der Waals surface area contributed by atoms with E-state index in [1.54, 1.807) is 12.1 Å². The van der Waals surface area contributed by atoms with Gasteiger partial charge in [0.05, 0.1) is 17.5 Å². The number of aryl methyl sites for hydroxylation is 1. The van der Waals surface area contributed by atoms with Gasteiger partial charge in [0, 0.05) is 22.2 Å². The number of fused-ring (bicyclic) bond motifs is 1. The Kier molecular flexibility index (Phi) is 5.16. The molecule has 0 radical (unpaired) electrons. The van der Waals surface area contributed by atoms with Crippen LogP contribution in [0.25, 0.3) is 0 Å². The van der Waals surface area contributed by atoms with E-state index in [1.165, 1.54) is 17.3 Å². The van der Waals surface area contributed by atoms with Crippen LogP contribution in [0.15, 0.2) is 53.5 Å². The molecule has 0 aliphatic carbocycles. The van der Waals surface area contributed by atoms with Crippen molar-refractivity contribution in [3.8, 4) is 0 Å². The van der Waals surface area contributed by atoms with E-state index < -0.39 is 9.84 Å². The maximum absolute atomic E-state index is 12.4. The average molecular weight is 416 g/mol. The number of amides is 1. The Morgan fingerprint density at radius 1 is 1.14 bits per heavy atom. The highest BCUT2D eigenvalue weighted by atomic mass is 32.2. The molecule has 0 spiro atoms. The van der Waals surface area contributed by atoms with Crippen molar-refractivity contribution >= 4 is 44.0 Å². The van der Waals surface area contributed by atoms with Gasteiger partial charge in [-0.2, -0.15) is 0 Å². The topological polar surface area (TPSA) is 87.6 Å². The number of aliphatic imine (C=N–C) groups is 1.